The zero-order valence-corrected chi connectivity index (χ0v) is 11.9. The molecular weight excluding hydrogens is 244 g/mol. The first-order valence-electron chi connectivity index (χ1n) is 7.48. The highest BCUT2D eigenvalue weighted by Crippen LogP contribution is 2.21. The predicted octanol–water partition coefficient (Wildman–Crippen LogP) is 0.471. The Balaban J connectivity index is 1.83. The van der Waals surface area contributed by atoms with E-state index in [0.717, 1.165) is 45.5 Å². The lowest BCUT2D eigenvalue weighted by atomic mass is 10.00. The molecule has 2 rings (SSSR count). The van der Waals surface area contributed by atoms with Gasteiger partial charge < -0.3 is 14.7 Å². The molecule has 0 spiro atoms. The summed E-state index contributed by atoms with van der Waals surface area (Å²) in [6, 6.07) is 0.628. The van der Waals surface area contributed by atoms with Crippen molar-refractivity contribution < 1.29 is 14.6 Å². The minimum Gasteiger partial charge on any atom is -0.395 e. The van der Waals surface area contributed by atoms with Gasteiger partial charge in [0.25, 0.3) is 0 Å². The number of nitrogens with zero attached hydrogens (tertiary/aromatic N) is 2. The number of rotatable bonds is 4. The van der Waals surface area contributed by atoms with Crippen molar-refractivity contribution in [2.45, 2.75) is 44.7 Å². The Kier molecular flexibility index (Phi) is 5.60. The normalized spacial score (nSPS) is 26.6. The molecule has 2 heterocycles. The molecular formula is C14H26N2O3. The molecule has 1 atom stereocenters. The predicted molar refractivity (Wildman–Crippen MR) is 72.9 cm³/mol. The molecule has 110 valence electrons. The highest BCUT2D eigenvalue weighted by molar-refractivity contribution is 5.76. The summed E-state index contributed by atoms with van der Waals surface area (Å²) in [7, 11) is 0. The molecule has 1 unspecified atom stereocenters. The van der Waals surface area contributed by atoms with Gasteiger partial charge in [-0.1, -0.05) is 6.92 Å². The maximum atomic E-state index is 11.9. The summed E-state index contributed by atoms with van der Waals surface area (Å²) >= 11 is 0. The van der Waals surface area contributed by atoms with Crippen molar-refractivity contribution in [2.75, 3.05) is 39.5 Å². The standard InChI is InChI=1S/C14H26N2O3/c1-2-3-14(18)15-6-4-12(5-7-15)16-8-9-19-11-13(16)10-17/h12-13,17H,2-11H2,1H3. The van der Waals surface area contributed by atoms with Crippen molar-refractivity contribution in [3.05, 3.63) is 0 Å². The van der Waals surface area contributed by atoms with Crippen molar-refractivity contribution in [2.24, 2.45) is 0 Å². The van der Waals surface area contributed by atoms with Gasteiger partial charge in [-0.25, -0.2) is 0 Å². The topological polar surface area (TPSA) is 53.0 Å². The van der Waals surface area contributed by atoms with Crippen molar-refractivity contribution in [3.8, 4) is 0 Å². The van der Waals surface area contributed by atoms with Crippen molar-refractivity contribution >= 4 is 5.91 Å². The molecule has 0 aromatic heterocycles. The minimum atomic E-state index is 0.136. The molecule has 0 radical (unpaired) electrons. The summed E-state index contributed by atoms with van der Waals surface area (Å²) in [6.07, 6.45) is 3.63. The number of carbonyl (C=O) groups is 1. The molecule has 0 bridgehead atoms. The van der Waals surface area contributed by atoms with E-state index < -0.39 is 0 Å². The number of amides is 1. The highest BCUT2D eigenvalue weighted by atomic mass is 16.5. The van der Waals surface area contributed by atoms with Gasteiger partial charge in [0.15, 0.2) is 0 Å². The van der Waals surface area contributed by atoms with Gasteiger partial charge in [-0.05, 0) is 19.3 Å². The zero-order valence-electron chi connectivity index (χ0n) is 11.9. The Morgan fingerprint density at radius 1 is 1.32 bits per heavy atom. The fourth-order valence-corrected chi connectivity index (χ4v) is 3.12. The van der Waals surface area contributed by atoms with Gasteiger partial charge in [-0.15, -0.1) is 0 Å². The largest absolute Gasteiger partial charge is 0.395 e. The molecule has 5 nitrogen and oxygen atoms in total. The summed E-state index contributed by atoms with van der Waals surface area (Å²) in [4.78, 5) is 16.2. The quantitative estimate of drug-likeness (QED) is 0.807. The number of carbonyl (C=O) groups excluding carboxylic acids is 1. The van der Waals surface area contributed by atoms with Crippen LogP contribution in [-0.4, -0.2) is 72.4 Å². The number of ether oxygens (including phenoxy) is 1. The molecule has 0 aliphatic carbocycles. The Hall–Kier alpha value is -0.650. The maximum Gasteiger partial charge on any atom is 0.222 e. The molecule has 5 heteroatoms. The fourth-order valence-electron chi connectivity index (χ4n) is 3.12. The fraction of sp³-hybridized carbons (Fsp3) is 0.929. The van der Waals surface area contributed by atoms with Crippen LogP contribution in [0.3, 0.4) is 0 Å². The van der Waals surface area contributed by atoms with E-state index >= 15 is 0 Å². The van der Waals surface area contributed by atoms with Crippen LogP contribution in [0.5, 0.6) is 0 Å². The average molecular weight is 270 g/mol. The van der Waals surface area contributed by atoms with Gasteiger partial charge in [0, 0.05) is 32.1 Å². The second kappa shape index (κ2) is 7.22. The van der Waals surface area contributed by atoms with Crippen LogP contribution in [0.15, 0.2) is 0 Å². The van der Waals surface area contributed by atoms with E-state index in [4.69, 9.17) is 4.74 Å². The molecule has 2 saturated heterocycles. The van der Waals surface area contributed by atoms with Crippen LogP contribution in [0.1, 0.15) is 32.6 Å². The number of hydrogen-bond acceptors (Lipinski definition) is 4. The Morgan fingerprint density at radius 2 is 2.05 bits per heavy atom. The Labute approximate surface area is 115 Å². The first-order chi connectivity index (χ1) is 9.26. The Bertz CT molecular complexity index is 290. The van der Waals surface area contributed by atoms with E-state index in [-0.39, 0.29) is 12.6 Å². The highest BCUT2D eigenvalue weighted by Gasteiger charge is 2.32. The zero-order chi connectivity index (χ0) is 13.7. The second-order valence-corrected chi connectivity index (χ2v) is 5.51. The molecule has 0 aromatic rings. The number of hydrogen-bond donors (Lipinski definition) is 1. The van der Waals surface area contributed by atoms with Crippen LogP contribution >= 0.6 is 0 Å². The summed E-state index contributed by atoms with van der Waals surface area (Å²) < 4.78 is 5.42. The van der Waals surface area contributed by atoms with Crippen molar-refractivity contribution in [1.29, 1.82) is 0 Å². The van der Waals surface area contributed by atoms with E-state index in [0.29, 0.717) is 25.0 Å². The monoisotopic (exact) mass is 270 g/mol. The Morgan fingerprint density at radius 3 is 2.68 bits per heavy atom. The summed E-state index contributed by atoms with van der Waals surface area (Å²) in [5.41, 5.74) is 0. The number of morpholine rings is 1. The summed E-state index contributed by atoms with van der Waals surface area (Å²) in [5.74, 6) is 0.293. The average Bonchev–Trinajstić information content (AvgIpc) is 2.47. The lowest BCUT2D eigenvalue weighted by Gasteiger charge is -2.43. The second-order valence-electron chi connectivity index (χ2n) is 5.51. The molecule has 2 fully saturated rings. The van der Waals surface area contributed by atoms with Gasteiger partial charge in [-0.2, -0.15) is 0 Å². The summed E-state index contributed by atoms with van der Waals surface area (Å²) in [6.45, 7) is 6.22. The van der Waals surface area contributed by atoms with Crippen LogP contribution in [0, 0.1) is 0 Å². The number of aliphatic hydroxyl groups is 1. The molecule has 0 aromatic carbocycles. The maximum absolute atomic E-state index is 11.9. The number of likely N-dealkylation sites (tertiary alicyclic amines) is 1. The number of piperidine rings is 1. The van der Waals surface area contributed by atoms with Crippen LogP contribution in [0.25, 0.3) is 0 Å². The molecule has 1 N–H and O–H groups in total. The molecule has 1 amide bonds. The lowest BCUT2D eigenvalue weighted by Crippen LogP contribution is -2.55. The molecule has 2 aliphatic heterocycles. The van der Waals surface area contributed by atoms with E-state index in [1.165, 1.54) is 0 Å². The van der Waals surface area contributed by atoms with Crippen LogP contribution in [0.2, 0.25) is 0 Å². The first-order valence-corrected chi connectivity index (χ1v) is 7.48. The van der Waals surface area contributed by atoms with Crippen LogP contribution in [-0.2, 0) is 9.53 Å². The molecule has 0 saturated carbocycles. The third-order valence-electron chi connectivity index (χ3n) is 4.23. The number of aliphatic hydroxyl groups excluding tert-OH is 1. The van der Waals surface area contributed by atoms with Gasteiger partial charge in [0.1, 0.15) is 0 Å². The van der Waals surface area contributed by atoms with E-state index in [1.807, 2.05) is 11.8 Å². The smallest absolute Gasteiger partial charge is 0.222 e. The van der Waals surface area contributed by atoms with Crippen LogP contribution in [0.4, 0.5) is 0 Å². The van der Waals surface area contributed by atoms with E-state index in [1.54, 1.807) is 0 Å². The van der Waals surface area contributed by atoms with E-state index in [9.17, 15) is 9.90 Å². The first kappa shape index (κ1) is 14.8. The van der Waals surface area contributed by atoms with Crippen molar-refractivity contribution in [3.63, 3.8) is 0 Å². The van der Waals surface area contributed by atoms with Crippen molar-refractivity contribution in [1.82, 2.24) is 9.80 Å². The van der Waals surface area contributed by atoms with Gasteiger partial charge in [-0.3, -0.25) is 9.69 Å². The lowest BCUT2D eigenvalue weighted by molar-refractivity contribution is -0.133. The van der Waals surface area contributed by atoms with Crippen LogP contribution < -0.4 is 0 Å². The van der Waals surface area contributed by atoms with Gasteiger partial charge in [0.2, 0.25) is 5.91 Å². The van der Waals surface area contributed by atoms with Gasteiger partial charge >= 0.3 is 0 Å². The van der Waals surface area contributed by atoms with Gasteiger partial charge in [0.05, 0.1) is 25.9 Å². The molecule has 2 aliphatic rings. The van der Waals surface area contributed by atoms with E-state index in [2.05, 4.69) is 4.90 Å². The summed E-state index contributed by atoms with van der Waals surface area (Å²) in [5, 5.41) is 9.42. The SMILES string of the molecule is CCCC(=O)N1CCC(N2CCOCC2CO)CC1. The third-order valence-corrected chi connectivity index (χ3v) is 4.23. The molecule has 19 heavy (non-hydrogen) atoms. The third kappa shape index (κ3) is 3.68. The minimum absolute atomic E-state index is 0.136.